The highest BCUT2D eigenvalue weighted by Crippen LogP contribution is 2.30. The molecule has 0 unspecified atom stereocenters. The molecule has 1 heterocycles. The van der Waals surface area contributed by atoms with Crippen LogP contribution >= 0.6 is 11.3 Å². The number of aryl methyl sites for hydroxylation is 1. The monoisotopic (exact) mass is 274 g/mol. The van der Waals surface area contributed by atoms with Gasteiger partial charge in [0, 0.05) is 11.1 Å². The molecule has 0 bridgehead atoms. The number of rotatable bonds is 3. The molecule has 0 radical (unpaired) electrons. The van der Waals surface area contributed by atoms with Gasteiger partial charge in [0.2, 0.25) is 0 Å². The van der Waals surface area contributed by atoms with Crippen molar-refractivity contribution in [3.05, 3.63) is 40.4 Å². The van der Waals surface area contributed by atoms with E-state index in [1.54, 1.807) is 5.38 Å². The molecule has 0 amide bonds. The van der Waals surface area contributed by atoms with Gasteiger partial charge in [-0.15, -0.1) is 11.3 Å². The summed E-state index contributed by atoms with van der Waals surface area (Å²) >= 11 is 1.32. The molecular formula is C14H14N2O2S. The molecule has 19 heavy (non-hydrogen) atoms. The molecule has 5 heteroatoms. The number of carboxylic acids is 1. The summed E-state index contributed by atoms with van der Waals surface area (Å²) in [6.45, 7) is 0. The fraction of sp³-hybridized carbons (Fsp3) is 0.286. The fourth-order valence-electron chi connectivity index (χ4n) is 2.44. The summed E-state index contributed by atoms with van der Waals surface area (Å²) < 4.78 is 0. The van der Waals surface area contributed by atoms with Crippen LogP contribution in [0.3, 0.4) is 0 Å². The topological polar surface area (TPSA) is 62.2 Å². The van der Waals surface area contributed by atoms with Crippen molar-refractivity contribution >= 4 is 28.1 Å². The Morgan fingerprint density at radius 3 is 2.95 bits per heavy atom. The van der Waals surface area contributed by atoms with Gasteiger partial charge in [-0.3, -0.25) is 0 Å². The molecule has 1 aliphatic carbocycles. The summed E-state index contributed by atoms with van der Waals surface area (Å²) in [4.78, 5) is 14.9. The van der Waals surface area contributed by atoms with Crippen molar-refractivity contribution in [1.29, 1.82) is 0 Å². The van der Waals surface area contributed by atoms with Gasteiger partial charge < -0.3 is 10.4 Å². The van der Waals surface area contributed by atoms with Crippen LogP contribution in [0.15, 0.2) is 23.6 Å². The normalized spacial score (nSPS) is 13.9. The summed E-state index contributed by atoms with van der Waals surface area (Å²) in [6, 6.07) is 6.24. The van der Waals surface area contributed by atoms with Crippen LogP contribution in [0.1, 0.15) is 34.5 Å². The lowest BCUT2D eigenvalue weighted by Crippen LogP contribution is -2.06. The average Bonchev–Trinajstić information content (AvgIpc) is 2.88. The number of carbonyl (C=O) groups is 1. The number of thiazole rings is 1. The van der Waals surface area contributed by atoms with Crippen molar-refractivity contribution < 1.29 is 9.90 Å². The van der Waals surface area contributed by atoms with Gasteiger partial charge in [0.15, 0.2) is 10.8 Å². The van der Waals surface area contributed by atoms with E-state index in [-0.39, 0.29) is 5.69 Å². The lowest BCUT2D eigenvalue weighted by molar-refractivity contribution is 0.0691. The maximum absolute atomic E-state index is 10.8. The predicted octanol–water partition coefficient (Wildman–Crippen LogP) is 3.46. The minimum Gasteiger partial charge on any atom is -0.476 e. The number of aromatic carboxylic acids is 1. The molecule has 0 saturated carbocycles. The van der Waals surface area contributed by atoms with Crippen molar-refractivity contribution in [2.24, 2.45) is 0 Å². The Bertz CT molecular complexity index is 622. The number of fused-ring (bicyclic) bond motifs is 1. The molecular weight excluding hydrogens is 260 g/mol. The highest BCUT2D eigenvalue weighted by atomic mass is 32.1. The Kier molecular flexibility index (Phi) is 3.21. The van der Waals surface area contributed by atoms with E-state index >= 15 is 0 Å². The molecule has 4 nitrogen and oxygen atoms in total. The minimum atomic E-state index is -0.987. The van der Waals surface area contributed by atoms with Crippen molar-refractivity contribution in [3.8, 4) is 0 Å². The third-order valence-corrected chi connectivity index (χ3v) is 4.12. The number of hydrogen-bond acceptors (Lipinski definition) is 4. The summed E-state index contributed by atoms with van der Waals surface area (Å²) in [7, 11) is 0. The molecule has 1 aliphatic rings. The third-order valence-electron chi connectivity index (χ3n) is 3.36. The number of benzene rings is 1. The Hall–Kier alpha value is -1.88. The second-order valence-corrected chi connectivity index (χ2v) is 5.48. The Balaban J connectivity index is 1.88. The quantitative estimate of drug-likeness (QED) is 0.899. The smallest absolute Gasteiger partial charge is 0.355 e. The lowest BCUT2D eigenvalue weighted by Gasteiger charge is -2.19. The largest absolute Gasteiger partial charge is 0.476 e. The van der Waals surface area contributed by atoms with E-state index in [0.29, 0.717) is 5.13 Å². The van der Waals surface area contributed by atoms with Gasteiger partial charge in [-0.1, -0.05) is 12.1 Å². The van der Waals surface area contributed by atoms with Gasteiger partial charge >= 0.3 is 5.97 Å². The van der Waals surface area contributed by atoms with E-state index in [1.165, 1.54) is 35.3 Å². The van der Waals surface area contributed by atoms with Crippen LogP contribution < -0.4 is 5.32 Å². The van der Waals surface area contributed by atoms with Gasteiger partial charge in [0.25, 0.3) is 0 Å². The first-order chi connectivity index (χ1) is 9.24. The number of nitrogens with zero attached hydrogens (tertiary/aromatic N) is 1. The number of aromatic nitrogens is 1. The van der Waals surface area contributed by atoms with Crippen LogP contribution in [0, 0.1) is 0 Å². The lowest BCUT2D eigenvalue weighted by atomic mass is 9.90. The molecule has 2 N–H and O–H groups in total. The molecule has 0 fully saturated rings. The first-order valence-corrected chi connectivity index (χ1v) is 7.18. The van der Waals surface area contributed by atoms with Crippen LogP contribution in [0.4, 0.5) is 10.8 Å². The predicted molar refractivity (Wildman–Crippen MR) is 75.4 cm³/mol. The zero-order valence-corrected chi connectivity index (χ0v) is 11.2. The van der Waals surface area contributed by atoms with Gasteiger partial charge in [0.1, 0.15) is 0 Å². The molecule has 98 valence electrons. The SMILES string of the molecule is O=C(O)c1csc(Nc2cccc3c2CCCC3)n1. The molecule has 2 aromatic rings. The zero-order valence-electron chi connectivity index (χ0n) is 10.3. The first-order valence-electron chi connectivity index (χ1n) is 6.30. The van der Waals surface area contributed by atoms with Gasteiger partial charge in [-0.2, -0.15) is 0 Å². The number of carboxylic acid groups (broad SMARTS) is 1. The highest BCUT2D eigenvalue weighted by molar-refractivity contribution is 7.14. The zero-order chi connectivity index (χ0) is 13.2. The van der Waals surface area contributed by atoms with E-state index in [9.17, 15) is 4.79 Å². The average molecular weight is 274 g/mol. The number of nitrogens with one attached hydrogen (secondary N) is 1. The van der Waals surface area contributed by atoms with Gasteiger partial charge in [-0.25, -0.2) is 9.78 Å². The van der Waals surface area contributed by atoms with E-state index in [0.717, 1.165) is 18.5 Å². The maximum atomic E-state index is 10.8. The second-order valence-electron chi connectivity index (χ2n) is 4.62. The van der Waals surface area contributed by atoms with Crippen LogP contribution in [-0.4, -0.2) is 16.1 Å². The van der Waals surface area contributed by atoms with Crippen LogP contribution in [-0.2, 0) is 12.8 Å². The van der Waals surface area contributed by atoms with Crippen LogP contribution in [0.5, 0.6) is 0 Å². The highest BCUT2D eigenvalue weighted by Gasteiger charge is 2.14. The van der Waals surface area contributed by atoms with E-state index in [4.69, 9.17) is 5.11 Å². The fourth-order valence-corrected chi connectivity index (χ4v) is 3.14. The molecule has 1 aromatic carbocycles. The maximum Gasteiger partial charge on any atom is 0.355 e. The molecule has 0 aliphatic heterocycles. The van der Waals surface area contributed by atoms with E-state index < -0.39 is 5.97 Å². The van der Waals surface area contributed by atoms with Crippen LogP contribution in [0.25, 0.3) is 0 Å². The summed E-state index contributed by atoms with van der Waals surface area (Å²) in [5, 5.41) is 14.3. The summed E-state index contributed by atoms with van der Waals surface area (Å²) in [6.07, 6.45) is 4.67. The first kappa shape index (κ1) is 12.2. The number of anilines is 2. The summed E-state index contributed by atoms with van der Waals surface area (Å²) in [5.74, 6) is -0.987. The molecule has 0 spiro atoms. The Morgan fingerprint density at radius 1 is 1.32 bits per heavy atom. The Labute approximate surface area is 115 Å². The van der Waals surface area contributed by atoms with Crippen molar-refractivity contribution in [1.82, 2.24) is 4.98 Å². The molecule has 3 rings (SSSR count). The van der Waals surface area contributed by atoms with Crippen molar-refractivity contribution in [3.63, 3.8) is 0 Å². The van der Waals surface area contributed by atoms with Crippen molar-refractivity contribution in [2.75, 3.05) is 5.32 Å². The van der Waals surface area contributed by atoms with Gasteiger partial charge in [-0.05, 0) is 42.9 Å². The molecule has 1 aromatic heterocycles. The van der Waals surface area contributed by atoms with Crippen molar-refractivity contribution in [2.45, 2.75) is 25.7 Å². The van der Waals surface area contributed by atoms with Gasteiger partial charge in [0.05, 0.1) is 0 Å². The minimum absolute atomic E-state index is 0.0947. The Morgan fingerprint density at radius 2 is 2.16 bits per heavy atom. The standard InChI is InChI=1S/C14H14N2O2S/c17-13(18)12-8-19-14(16-12)15-11-7-3-5-9-4-1-2-6-10(9)11/h3,5,7-8H,1-2,4,6H2,(H,15,16)(H,17,18). The second kappa shape index (κ2) is 5.01. The number of hydrogen-bond donors (Lipinski definition) is 2. The van der Waals surface area contributed by atoms with E-state index in [1.807, 2.05) is 12.1 Å². The molecule has 0 saturated heterocycles. The summed E-state index contributed by atoms with van der Waals surface area (Å²) in [5.41, 5.74) is 3.90. The molecule has 0 atom stereocenters. The van der Waals surface area contributed by atoms with E-state index in [2.05, 4.69) is 16.4 Å². The van der Waals surface area contributed by atoms with Crippen LogP contribution in [0.2, 0.25) is 0 Å². The third kappa shape index (κ3) is 2.46.